The molecule has 9 nitrogen and oxygen atoms in total. The molecule has 3 rings (SSSR count). The van der Waals surface area contributed by atoms with Crippen molar-refractivity contribution in [1.82, 2.24) is 5.16 Å². The number of Topliss-reactive ketones (excluding diaryl/α,β-unsaturated/α-hetero) is 1. The molecule has 0 aliphatic heterocycles. The van der Waals surface area contributed by atoms with E-state index in [2.05, 4.69) is 25.9 Å². The van der Waals surface area contributed by atoms with Crippen LogP contribution in [0.2, 0.25) is 18.1 Å². The molecule has 0 amide bonds. The molecule has 0 fully saturated rings. The van der Waals surface area contributed by atoms with E-state index in [-0.39, 0.29) is 35.6 Å². The molecular formula is C24H38N2O7Si. The van der Waals surface area contributed by atoms with Gasteiger partial charge >= 0.3 is 0 Å². The normalized spacial score (nSPS) is 25.1. The second-order valence-corrected chi connectivity index (χ2v) is 15.3. The van der Waals surface area contributed by atoms with Gasteiger partial charge in [0.05, 0.1) is 19.3 Å². The predicted molar refractivity (Wildman–Crippen MR) is 128 cm³/mol. The van der Waals surface area contributed by atoms with E-state index >= 15 is 0 Å². The summed E-state index contributed by atoms with van der Waals surface area (Å²) in [6, 6.07) is -0.774. The topological polar surface area (TPSA) is 123 Å². The number of rotatable bonds is 10. The number of hydrogen-bond donors (Lipinski definition) is 1. The average Bonchev–Trinajstić information content (AvgIpc) is 3.17. The Balaban J connectivity index is 2.11. The second-order valence-electron chi connectivity index (χ2n) is 10.6. The van der Waals surface area contributed by atoms with E-state index in [1.54, 1.807) is 0 Å². The van der Waals surface area contributed by atoms with Gasteiger partial charge in [-0.25, -0.2) is 0 Å². The third kappa shape index (κ3) is 4.66. The number of ether oxygens (including phenoxy) is 3. The molecule has 0 aromatic carbocycles. The van der Waals surface area contributed by atoms with E-state index in [4.69, 9.17) is 28.9 Å². The van der Waals surface area contributed by atoms with E-state index in [9.17, 15) is 9.59 Å². The summed E-state index contributed by atoms with van der Waals surface area (Å²) in [5.41, 5.74) is 5.77. The Morgan fingerprint density at radius 2 is 2.00 bits per heavy atom. The number of aromatic nitrogens is 1. The molecular weight excluding hydrogens is 456 g/mol. The molecule has 0 spiro atoms. The number of ketones is 2. The Bertz CT molecular complexity index is 950. The maximum atomic E-state index is 14.2. The average molecular weight is 495 g/mol. The number of nitrogens with zero attached hydrogens (tertiary/aromatic N) is 1. The zero-order valence-electron chi connectivity index (χ0n) is 21.4. The quantitative estimate of drug-likeness (QED) is 0.223. The van der Waals surface area contributed by atoms with Gasteiger partial charge in [-0.2, -0.15) is 0 Å². The third-order valence-electron chi connectivity index (χ3n) is 7.14. The molecule has 0 bridgehead atoms. The minimum absolute atomic E-state index is 0.0755. The fraction of sp³-hybridized carbons (Fsp3) is 0.708. The Kier molecular flexibility index (Phi) is 7.88. The van der Waals surface area contributed by atoms with Crippen LogP contribution < -0.4 is 10.5 Å². The molecule has 1 aromatic rings. The highest BCUT2D eigenvalue weighted by Crippen LogP contribution is 2.52. The minimum Gasteiger partial charge on any atom is -0.475 e. The zero-order valence-corrected chi connectivity index (χ0v) is 22.4. The highest BCUT2D eigenvalue weighted by Gasteiger charge is 2.64. The summed E-state index contributed by atoms with van der Waals surface area (Å²) in [5, 5.41) is 3.76. The second kappa shape index (κ2) is 10.0. The van der Waals surface area contributed by atoms with E-state index < -0.39 is 37.4 Å². The lowest BCUT2D eigenvalue weighted by Crippen LogP contribution is -2.66. The fourth-order valence-corrected chi connectivity index (χ4v) is 5.66. The molecule has 2 aliphatic carbocycles. The van der Waals surface area contributed by atoms with Gasteiger partial charge in [-0.1, -0.05) is 34.1 Å². The largest absolute Gasteiger partial charge is 0.475 e. The van der Waals surface area contributed by atoms with E-state index in [1.807, 2.05) is 20.0 Å². The van der Waals surface area contributed by atoms with Gasteiger partial charge in [0.25, 0.3) is 5.88 Å². The van der Waals surface area contributed by atoms with Crippen LogP contribution in [0.25, 0.3) is 0 Å². The van der Waals surface area contributed by atoms with Gasteiger partial charge in [-0.15, -0.1) is 0 Å². The molecule has 0 saturated carbocycles. The first-order chi connectivity index (χ1) is 15.9. The lowest BCUT2D eigenvalue weighted by Gasteiger charge is -2.50. The van der Waals surface area contributed by atoms with Gasteiger partial charge in [0.2, 0.25) is 5.78 Å². The molecule has 1 heterocycles. The van der Waals surface area contributed by atoms with E-state index in [0.29, 0.717) is 13.0 Å². The Morgan fingerprint density at radius 3 is 2.62 bits per heavy atom. The van der Waals surface area contributed by atoms with Crippen LogP contribution in [0.5, 0.6) is 5.88 Å². The smallest absolute Gasteiger partial charge is 0.265 e. The molecule has 1 aromatic heterocycles. The molecule has 190 valence electrons. The van der Waals surface area contributed by atoms with E-state index in [1.165, 1.54) is 13.2 Å². The lowest BCUT2D eigenvalue weighted by molar-refractivity contribution is -0.133. The van der Waals surface area contributed by atoms with Crippen LogP contribution in [0.1, 0.15) is 69.1 Å². The van der Waals surface area contributed by atoms with Gasteiger partial charge in [-0.05, 0) is 47.8 Å². The van der Waals surface area contributed by atoms with Crippen molar-refractivity contribution in [3.8, 4) is 5.88 Å². The van der Waals surface area contributed by atoms with Crippen molar-refractivity contribution >= 4 is 19.9 Å². The first kappa shape index (κ1) is 26.7. The van der Waals surface area contributed by atoms with Gasteiger partial charge in [-0.3, -0.25) is 9.59 Å². The van der Waals surface area contributed by atoms with Crippen molar-refractivity contribution in [2.75, 3.05) is 27.1 Å². The molecule has 10 heteroatoms. The maximum absolute atomic E-state index is 14.2. The van der Waals surface area contributed by atoms with Crippen LogP contribution in [-0.4, -0.2) is 57.8 Å². The van der Waals surface area contributed by atoms with Gasteiger partial charge < -0.3 is 28.9 Å². The number of fused-ring (bicyclic) bond motifs is 2. The molecule has 0 unspecified atom stereocenters. The SMILES string of the molecule is CCCCOc1noc2c1C(=O)[C@@]1(O[Si](C)(C)C(C)(C)C)C(=O)C=C(COCOC)C[C@H]1[C@@H]2N. The summed E-state index contributed by atoms with van der Waals surface area (Å²) in [5.74, 6) is -1.24. The van der Waals surface area contributed by atoms with Gasteiger partial charge in [0, 0.05) is 13.0 Å². The van der Waals surface area contributed by atoms with Gasteiger partial charge in [0.1, 0.15) is 12.4 Å². The van der Waals surface area contributed by atoms with Crippen molar-refractivity contribution in [2.45, 2.75) is 76.7 Å². The Hall–Kier alpha value is -1.85. The third-order valence-corrected chi connectivity index (χ3v) is 11.6. The molecule has 2 N–H and O–H groups in total. The highest BCUT2D eigenvalue weighted by atomic mass is 28.4. The number of hydrogen-bond acceptors (Lipinski definition) is 9. The summed E-state index contributed by atoms with van der Waals surface area (Å²) >= 11 is 0. The Morgan fingerprint density at radius 1 is 1.29 bits per heavy atom. The molecule has 0 saturated heterocycles. The predicted octanol–water partition coefficient (Wildman–Crippen LogP) is 3.95. The minimum atomic E-state index is -2.60. The first-order valence-corrected chi connectivity index (χ1v) is 14.7. The summed E-state index contributed by atoms with van der Waals surface area (Å²) in [7, 11) is -1.07. The summed E-state index contributed by atoms with van der Waals surface area (Å²) in [6.07, 6.45) is 3.54. The maximum Gasteiger partial charge on any atom is 0.265 e. The summed E-state index contributed by atoms with van der Waals surface area (Å²) < 4.78 is 28.4. The Labute approximate surface area is 202 Å². The number of carbonyl (C=O) groups excluding carboxylic acids is 2. The highest BCUT2D eigenvalue weighted by molar-refractivity contribution is 6.74. The van der Waals surface area contributed by atoms with Crippen molar-refractivity contribution < 1.29 is 32.7 Å². The molecule has 34 heavy (non-hydrogen) atoms. The van der Waals surface area contributed by atoms with Gasteiger partial charge in [0.15, 0.2) is 25.5 Å². The van der Waals surface area contributed by atoms with Crippen molar-refractivity contribution in [3.63, 3.8) is 0 Å². The van der Waals surface area contributed by atoms with Crippen LogP contribution in [0.3, 0.4) is 0 Å². The monoisotopic (exact) mass is 494 g/mol. The standard InChI is InChI=1S/C24H38N2O7Si/c1-8-9-10-31-22-18-20(32-26-22)19(25)16-11-15(13-30-14-29-5)12-17(27)24(16,21(18)28)33-34(6,7)23(2,3)4/h12,16,19H,8-11,13-14,25H2,1-7H3/t16-,19-,24-/m0/s1. The van der Waals surface area contributed by atoms with Crippen molar-refractivity contribution in [1.29, 1.82) is 0 Å². The van der Waals surface area contributed by atoms with Crippen LogP contribution in [0, 0.1) is 5.92 Å². The number of unbranched alkanes of at least 4 members (excludes halogenated alkanes) is 1. The molecule has 2 aliphatic rings. The number of carbonyl (C=O) groups is 2. The van der Waals surface area contributed by atoms with Crippen LogP contribution >= 0.6 is 0 Å². The zero-order chi connectivity index (χ0) is 25.3. The number of nitrogens with two attached hydrogens (primary N) is 1. The van der Waals surface area contributed by atoms with Crippen molar-refractivity contribution in [2.24, 2.45) is 11.7 Å². The summed E-state index contributed by atoms with van der Waals surface area (Å²) in [6.45, 7) is 12.9. The summed E-state index contributed by atoms with van der Waals surface area (Å²) in [4.78, 5) is 28.0. The van der Waals surface area contributed by atoms with Crippen LogP contribution in [0.4, 0.5) is 0 Å². The lowest BCUT2D eigenvalue weighted by atomic mass is 9.64. The first-order valence-electron chi connectivity index (χ1n) is 11.8. The molecule has 3 atom stereocenters. The van der Waals surface area contributed by atoms with Crippen molar-refractivity contribution in [3.05, 3.63) is 23.0 Å². The fourth-order valence-electron chi connectivity index (χ4n) is 4.21. The van der Waals surface area contributed by atoms with E-state index in [0.717, 1.165) is 18.4 Å². The molecule has 0 radical (unpaired) electrons. The number of methoxy groups -OCH3 is 1. The van der Waals surface area contributed by atoms with Crippen LogP contribution in [0.15, 0.2) is 16.2 Å². The van der Waals surface area contributed by atoms with Crippen LogP contribution in [-0.2, 0) is 18.7 Å².